The zero-order valence-electron chi connectivity index (χ0n) is 10.4. The zero-order valence-corrected chi connectivity index (χ0v) is 11.2. The van der Waals surface area contributed by atoms with Crippen molar-refractivity contribution in [3.63, 3.8) is 0 Å². The normalized spacial score (nSPS) is 31.6. The molecular weight excluding hydrogens is 301 g/mol. The predicted molar refractivity (Wildman–Crippen MR) is 61.7 cm³/mol. The number of aliphatic carboxylic acids is 1. The number of hydrogen-bond donors (Lipinski definition) is 2. The maximum absolute atomic E-state index is 12.2. The quantitative estimate of drug-likeness (QED) is 0.710. The molecule has 0 aromatic carbocycles. The van der Waals surface area contributed by atoms with E-state index in [0.717, 1.165) is 16.7 Å². The Morgan fingerprint density at radius 2 is 1.95 bits per heavy atom. The van der Waals surface area contributed by atoms with Crippen molar-refractivity contribution in [2.45, 2.75) is 42.2 Å². The molecule has 10 heteroatoms. The Balaban J connectivity index is 2.15. The summed E-state index contributed by atoms with van der Waals surface area (Å²) in [6.07, 6.45) is -5.08. The van der Waals surface area contributed by atoms with Crippen LogP contribution in [0.1, 0.15) is 13.8 Å². The maximum atomic E-state index is 12.2. The van der Waals surface area contributed by atoms with Gasteiger partial charge in [-0.2, -0.15) is 13.2 Å². The Kier molecular flexibility index (Phi) is 3.19. The lowest BCUT2D eigenvalue weighted by Crippen LogP contribution is -2.71. The number of rotatable bonds is 2. The molecule has 0 aliphatic carbocycles. The third kappa shape index (κ3) is 2.11. The van der Waals surface area contributed by atoms with E-state index in [4.69, 9.17) is 5.11 Å². The van der Waals surface area contributed by atoms with Gasteiger partial charge in [0.1, 0.15) is 17.5 Å². The molecule has 3 atom stereocenters. The van der Waals surface area contributed by atoms with Crippen LogP contribution < -0.4 is 5.32 Å². The number of alkyl halides is 3. The molecule has 0 aromatic heterocycles. The van der Waals surface area contributed by atoms with Crippen molar-refractivity contribution in [3.8, 4) is 0 Å². The molecule has 0 saturated carbocycles. The minimum absolute atomic E-state index is 0.787. The van der Waals surface area contributed by atoms with Gasteiger partial charge in [-0.1, -0.05) is 0 Å². The summed E-state index contributed by atoms with van der Waals surface area (Å²) in [6, 6.07) is -2.46. The van der Waals surface area contributed by atoms with Gasteiger partial charge < -0.3 is 15.3 Å². The topological polar surface area (TPSA) is 86.7 Å². The van der Waals surface area contributed by atoms with E-state index in [2.05, 4.69) is 0 Å². The molecule has 6 nitrogen and oxygen atoms in total. The number of hydrogen-bond acceptors (Lipinski definition) is 4. The van der Waals surface area contributed by atoms with Crippen LogP contribution in [0.4, 0.5) is 13.2 Å². The van der Waals surface area contributed by atoms with Crippen LogP contribution in [-0.4, -0.2) is 56.2 Å². The van der Waals surface area contributed by atoms with E-state index in [1.54, 1.807) is 19.2 Å². The lowest BCUT2D eigenvalue weighted by Gasteiger charge is -2.43. The van der Waals surface area contributed by atoms with Gasteiger partial charge in [-0.25, -0.2) is 4.79 Å². The van der Waals surface area contributed by atoms with Crippen LogP contribution in [0.25, 0.3) is 0 Å². The number of nitrogens with zero attached hydrogens (tertiary/aromatic N) is 1. The van der Waals surface area contributed by atoms with Crippen molar-refractivity contribution in [1.29, 1.82) is 0 Å². The Morgan fingerprint density at radius 1 is 1.40 bits per heavy atom. The first-order valence-electron chi connectivity index (χ1n) is 5.57. The Hall–Kier alpha value is -1.45. The number of carboxylic acids is 1. The fourth-order valence-corrected chi connectivity index (χ4v) is 3.99. The van der Waals surface area contributed by atoms with Crippen molar-refractivity contribution < 1.29 is 32.7 Å². The molecule has 0 unspecified atom stereocenters. The van der Waals surface area contributed by atoms with Crippen LogP contribution in [0, 0.1) is 0 Å². The van der Waals surface area contributed by atoms with Crippen LogP contribution in [-0.2, 0) is 14.4 Å². The third-order valence-electron chi connectivity index (χ3n) is 3.22. The van der Waals surface area contributed by atoms with Crippen LogP contribution >= 0.6 is 11.8 Å². The standard InChI is InChI=1S/C10H11F3N2O4S/c1-9(2)4(7(17)18)15-5(16)3(6(15)20-9)14-8(19)10(11,12)13/h3-4,6H,1-2H3,(H,14,19)(H,17,18)/t3-,4+,6-/m1/s1. The van der Waals surface area contributed by atoms with Gasteiger partial charge in [-0.05, 0) is 13.8 Å². The van der Waals surface area contributed by atoms with Crippen molar-refractivity contribution >= 4 is 29.5 Å². The number of nitrogens with one attached hydrogen (secondary N) is 1. The summed E-state index contributed by atoms with van der Waals surface area (Å²) in [7, 11) is 0. The average molecular weight is 312 g/mol. The number of fused-ring (bicyclic) bond motifs is 1. The monoisotopic (exact) mass is 312 g/mol. The van der Waals surface area contributed by atoms with Crippen molar-refractivity contribution in [1.82, 2.24) is 10.2 Å². The van der Waals surface area contributed by atoms with Gasteiger partial charge >= 0.3 is 18.1 Å². The molecule has 2 aliphatic heterocycles. The molecule has 2 rings (SSSR count). The van der Waals surface area contributed by atoms with Gasteiger partial charge in [-0.3, -0.25) is 9.59 Å². The number of thioether (sulfide) groups is 1. The predicted octanol–water partition coefficient (Wildman–Crippen LogP) is 0.180. The molecule has 2 N–H and O–H groups in total. The second-order valence-electron chi connectivity index (χ2n) is 5.05. The van der Waals surface area contributed by atoms with Crippen molar-refractivity contribution in [2.75, 3.05) is 0 Å². The molecule has 2 amide bonds. The Morgan fingerprint density at radius 3 is 2.40 bits per heavy atom. The van der Waals surface area contributed by atoms with Gasteiger partial charge in [0, 0.05) is 4.75 Å². The molecule has 2 aliphatic rings. The van der Waals surface area contributed by atoms with E-state index in [1.807, 2.05) is 0 Å². The molecule has 0 aromatic rings. The first kappa shape index (κ1) is 14.9. The van der Waals surface area contributed by atoms with Crippen LogP contribution in [0.3, 0.4) is 0 Å². The third-order valence-corrected chi connectivity index (χ3v) is 4.79. The lowest BCUT2D eigenvalue weighted by atomic mass is 9.96. The van der Waals surface area contributed by atoms with Crippen LogP contribution in [0.15, 0.2) is 0 Å². The average Bonchev–Trinajstić information content (AvgIpc) is 2.53. The fourth-order valence-electron chi connectivity index (χ4n) is 2.37. The molecule has 2 heterocycles. The fraction of sp³-hybridized carbons (Fsp3) is 0.700. The van der Waals surface area contributed by atoms with Crippen molar-refractivity contribution in [2.24, 2.45) is 0 Å². The lowest BCUT2D eigenvalue weighted by molar-refractivity contribution is -0.178. The summed E-state index contributed by atoms with van der Waals surface area (Å²) >= 11 is 1.06. The molecule has 0 bridgehead atoms. The second kappa shape index (κ2) is 4.27. The summed E-state index contributed by atoms with van der Waals surface area (Å²) in [5.74, 6) is -4.23. The highest BCUT2D eigenvalue weighted by Crippen LogP contribution is 2.50. The number of carbonyl (C=O) groups is 3. The number of halogens is 3. The molecule has 20 heavy (non-hydrogen) atoms. The molecule has 0 spiro atoms. The first-order valence-corrected chi connectivity index (χ1v) is 6.45. The van der Waals surface area contributed by atoms with Gasteiger partial charge in [0.25, 0.3) is 0 Å². The SMILES string of the molecule is CC1(C)S[C@@H]2[C@H](NC(=O)C(F)(F)F)C(=O)N2[C@H]1C(=O)O. The highest BCUT2D eigenvalue weighted by molar-refractivity contribution is 8.01. The highest BCUT2D eigenvalue weighted by atomic mass is 32.2. The van der Waals surface area contributed by atoms with E-state index in [-0.39, 0.29) is 0 Å². The van der Waals surface area contributed by atoms with E-state index < -0.39 is 46.2 Å². The molecule has 2 fully saturated rings. The minimum Gasteiger partial charge on any atom is -0.480 e. The van der Waals surface area contributed by atoms with Gasteiger partial charge in [0.15, 0.2) is 0 Å². The summed E-state index contributed by atoms with van der Waals surface area (Å²) < 4.78 is 35.6. The number of carbonyl (C=O) groups excluding carboxylic acids is 2. The molecular formula is C10H11F3N2O4S. The second-order valence-corrected chi connectivity index (χ2v) is 6.82. The summed E-state index contributed by atoms with van der Waals surface area (Å²) in [6.45, 7) is 3.18. The van der Waals surface area contributed by atoms with E-state index in [1.165, 1.54) is 0 Å². The first-order chi connectivity index (χ1) is 8.97. The number of β-lactam (4-membered cyclic amide) rings is 1. The molecule has 0 radical (unpaired) electrons. The summed E-state index contributed by atoms with van der Waals surface area (Å²) in [4.78, 5) is 34.8. The number of carboxylic acid groups (broad SMARTS) is 1. The summed E-state index contributed by atoms with van der Waals surface area (Å²) in [5.41, 5.74) is 0. The highest BCUT2D eigenvalue weighted by Gasteiger charge is 2.64. The molecule has 112 valence electrons. The van der Waals surface area contributed by atoms with Crippen molar-refractivity contribution in [3.05, 3.63) is 0 Å². The van der Waals surface area contributed by atoms with Gasteiger partial charge in [0.05, 0.1) is 0 Å². The van der Waals surface area contributed by atoms with Crippen LogP contribution in [0.5, 0.6) is 0 Å². The number of amides is 2. The minimum atomic E-state index is -5.08. The van der Waals surface area contributed by atoms with E-state index in [9.17, 15) is 27.6 Å². The van der Waals surface area contributed by atoms with E-state index >= 15 is 0 Å². The van der Waals surface area contributed by atoms with Gasteiger partial charge in [0.2, 0.25) is 5.91 Å². The summed E-state index contributed by atoms with van der Waals surface area (Å²) in [5, 5.41) is 9.93. The zero-order chi connectivity index (χ0) is 15.5. The van der Waals surface area contributed by atoms with E-state index in [0.29, 0.717) is 0 Å². The molecule has 2 saturated heterocycles. The largest absolute Gasteiger partial charge is 0.480 e. The Labute approximate surface area is 115 Å². The van der Waals surface area contributed by atoms with Gasteiger partial charge in [-0.15, -0.1) is 11.8 Å². The van der Waals surface area contributed by atoms with Crippen LogP contribution in [0.2, 0.25) is 0 Å². The smallest absolute Gasteiger partial charge is 0.471 e. The Bertz CT molecular complexity index is 493. The maximum Gasteiger partial charge on any atom is 0.471 e.